The molecular formula is C15H14I2N2O. The summed E-state index contributed by atoms with van der Waals surface area (Å²) in [7, 11) is 0. The molecule has 0 spiro atoms. The van der Waals surface area contributed by atoms with Gasteiger partial charge in [0.15, 0.2) is 0 Å². The van der Waals surface area contributed by atoms with E-state index in [0.717, 1.165) is 18.4 Å². The molecule has 0 aliphatic carbocycles. The van der Waals surface area contributed by atoms with E-state index in [1.807, 2.05) is 38.1 Å². The molecule has 2 aromatic rings. The van der Waals surface area contributed by atoms with E-state index in [9.17, 15) is 4.79 Å². The van der Waals surface area contributed by atoms with E-state index in [1.165, 1.54) is 5.56 Å². The van der Waals surface area contributed by atoms with Crippen molar-refractivity contribution in [1.29, 1.82) is 0 Å². The first-order valence-electron chi connectivity index (χ1n) is 6.01. The fourth-order valence-electron chi connectivity index (χ4n) is 1.92. The molecule has 0 fully saturated rings. The number of nitrogens with two attached hydrogens (primary N) is 1. The minimum absolute atomic E-state index is 0.175. The molecule has 2 aromatic carbocycles. The van der Waals surface area contributed by atoms with Gasteiger partial charge in [0.1, 0.15) is 0 Å². The molecule has 2 rings (SSSR count). The third-order valence-corrected chi connectivity index (χ3v) is 4.48. The van der Waals surface area contributed by atoms with Gasteiger partial charge in [-0.05, 0) is 82.8 Å². The minimum atomic E-state index is -0.175. The third kappa shape index (κ3) is 3.43. The Kier molecular flexibility index (Phi) is 4.90. The van der Waals surface area contributed by atoms with E-state index in [-0.39, 0.29) is 5.91 Å². The Balaban J connectivity index is 2.33. The van der Waals surface area contributed by atoms with Gasteiger partial charge in [-0.2, -0.15) is 0 Å². The highest BCUT2D eigenvalue weighted by atomic mass is 127. The number of aryl methyl sites for hydroxylation is 2. The normalized spacial score (nSPS) is 10.4. The number of halogens is 2. The molecule has 0 radical (unpaired) electrons. The monoisotopic (exact) mass is 492 g/mol. The number of hydrogen-bond donors (Lipinski definition) is 2. The van der Waals surface area contributed by atoms with Crippen molar-refractivity contribution in [3.8, 4) is 0 Å². The Morgan fingerprint density at radius 3 is 2.50 bits per heavy atom. The first-order valence-corrected chi connectivity index (χ1v) is 8.17. The van der Waals surface area contributed by atoms with Crippen LogP contribution in [-0.4, -0.2) is 5.91 Å². The fourth-order valence-corrected chi connectivity index (χ4v) is 3.76. The van der Waals surface area contributed by atoms with Crippen LogP contribution in [0.5, 0.6) is 0 Å². The Bertz CT molecular complexity index is 684. The smallest absolute Gasteiger partial charge is 0.257 e. The van der Waals surface area contributed by atoms with Crippen LogP contribution < -0.4 is 11.1 Å². The zero-order valence-electron chi connectivity index (χ0n) is 11.1. The highest BCUT2D eigenvalue weighted by molar-refractivity contribution is 14.1. The van der Waals surface area contributed by atoms with Gasteiger partial charge in [0, 0.05) is 12.8 Å². The zero-order chi connectivity index (χ0) is 14.9. The quantitative estimate of drug-likeness (QED) is 0.485. The second-order valence-electron chi connectivity index (χ2n) is 4.62. The van der Waals surface area contributed by atoms with Gasteiger partial charge in [-0.1, -0.05) is 17.7 Å². The molecule has 0 bridgehead atoms. The number of anilines is 2. The lowest BCUT2D eigenvalue weighted by Gasteiger charge is -2.12. The average molecular weight is 492 g/mol. The SMILES string of the molecule is Cc1ccc(NC(=O)c2cc(I)cc(I)c2N)c(C)c1. The van der Waals surface area contributed by atoms with E-state index >= 15 is 0 Å². The van der Waals surface area contributed by atoms with Crippen LogP contribution in [-0.2, 0) is 0 Å². The summed E-state index contributed by atoms with van der Waals surface area (Å²) in [4.78, 5) is 12.4. The fraction of sp³-hybridized carbons (Fsp3) is 0.133. The number of nitrogen functional groups attached to an aromatic ring is 1. The summed E-state index contributed by atoms with van der Waals surface area (Å²) < 4.78 is 1.88. The predicted octanol–water partition coefficient (Wildman–Crippen LogP) is 4.35. The van der Waals surface area contributed by atoms with Gasteiger partial charge in [0.05, 0.1) is 11.3 Å². The second-order valence-corrected chi connectivity index (χ2v) is 7.03. The standard InChI is InChI=1S/C15H14I2N2O/c1-8-3-4-13(9(2)5-8)19-15(20)11-6-10(16)7-12(17)14(11)18/h3-7H,18H2,1-2H3,(H,19,20). The van der Waals surface area contributed by atoms with Crippen LogP contribution in [0.4, 0.5) is 11.4 Å². The molecule has 0 aliphatic heterocycles. The van der Waals surface area contributed by atoms with Gasteiger partial charge >= 0.3 is 0 Å². The third-order valence-electron chi connectivity index (χ3n) is 2.97. The summed E-state index contributed by atoms with van der Waals surface area (Å²) in [6.45, 7) is 4.00. The van der Waals surface area contributed by atoms with Crippen molar-refractivity contribution in [2.24, 2.45) is 0 Å². The topological polar surface area (TPSA) is 55.1 Å². The predicted molar refractivity (Wildman–Crippen MR) is 100 cm³/mol. The molecule has 0 heterocycles. The lowest BCUT2D eigenvalue weighted by Crippen LogP contribution is -2.15. The molecule has 0 saturated heterocycles. The van der Waals surface area contributed by atoms with Gasteiger partial charge < -0.3 is 11.1 Å². The van der Waals surface area contributed by atoms with Crippen LogP contribution in [0.25, 0.3) is 0 Å². The molecule has 1 amide bonds. The van der Waals surface area contributed by atoms with Crippen LogP contribution in [0, 0.1) is 21.0 Å². The molecular weight excluding hydrogens is 478 g/mol. The second kappa shape index (κ2) is 6.30. The Hall–Kier alpha value is -0.830. The molecule has 104 valence electrons. The molecule has 0 atom stereocenters. The first kappa shape index (κ1) is 15.6. The Morgan fingerprint density at radius 1 is 1.15 bits per heavy atom. The van der Waals surface area contributed by atoms with Crippen molar-refractivity contribution in [3.05, 3.63) is 54.2 Å². The van der Waals surface area contributed by atoms with Crippen molar-refractivity contribution in [1.82, 2.24) is 0 Å². The van der Waals surface area contributed by atoms with Crippen molar-refractivity contribution in [3.63, 3.8) is 0 Å². The Labute approximate surface area is 145 Å². The number of benzene rings is 2. The summed E-state index contributed by atoms with van der Waals surface area (Å²) in [6, 6.07) is 9.68. The molecule has 5 heteroatoms. The molecule has 20 heavy (non-hydrogen) atoms. The van der Waals surface area contributed by atoms with Gasteiger partial charge in [-0.25, -0.2) is 0 Å². The number of hydrogen-bond acceptors (Lipinski definition) is 2. The van der Waals surface area contributed by atoms with E-state index < -0.39 is 0 Å². The van der Waals surface area contributed by atoms with Crippen molar-refractivity contribution in [2.75, 3.05) is 11.1 Å². The zero-order valence-corrected chi connectivity index (χ0v) is 15.4. The number of carbonyl (C=O) groups is 1. The number of nitrogens with one attached hydrogen (secondary N) is 1. The number of carbonyl (C=O) groups excluding carboxylic acids is 1. The maximum atomic E-state index is 12.4. The van der Waals surface area contributed by atoms with Crippen LogP contribution >= 0.6 is 45.2 Å². The summed E-state index contributed by atoms with van der Waals surface area (Å²) in [5, 5.41) is 2.92. The maximum absolute atomic E-state index is 12.4. The van der Waals surface area contributed by atoms with E-state index in [0.29, 0.717) is 11.3 Å². The molecule has 0 aliphatic rings. The summed E-state index contributed by atoms with van der Waals surface area (Å²) in [6.07, 6.45) is 0. The maximum Gasteiger partial charge on any atom is 0.257 e. The summed E-state index contributed by atoms with van der Waals surface area (Å²) >= 11 is 4.32. The summed E-state index contributed by atoms with van der Waals surface area (Å²) in [5.74, 6) is -0.175. The lowest BCUT2D eigenvalue weighted by molar-refractivity contribution is 0.102. The molecule has 0 unspecified atom stereocenters. The minimum Gasteiger partial charge on any atom is -0.397 e. The van der Waals surface area contributed by atoms with E-state index in [4.69, 9.17) is 5.73 Å². The molecule has 0 aromatic heterocycles. The van der Waals surface area contributed by atoms with Crippen LogP contribution in [0.1, 0.15) is 21.5 Å². The Morgan fingerprint density at radius 2 is 1.85 bits per heavy atom. The van der Waals surface area contributed by atoms with Crippen LogP contribution in [0.15, 0.2) is 30.3 Å². The van der Waals surface area contributed by atoms with Crippen LogP contribution in [0.2, 0.25) is 0 Å². The molecule has 3 N–H and O–H groups in total. The first-order chi connectivity index (χ1) is 9.38. The van der Waals surface area contributed by atoms with Crippen molar-refractivity contribution in [2.45, 2.75) is 13.8 Å². The lowest BCUT2D eigenvalue weighted by atomic mass is 10.1. The van der Waals surface area contributed by atoms with Gasteiger partial charge in [-0.3, -0.25) is 4.79 Å². The van der Waals surface area contributed by atoms with E-state index in [1.54, 1.807) is 6.07 Å². The highest BCUT2D eigenvalue weighted by Gasteiger charge is 2.14. The van der Waals surface area contributed by atoms with Crippen LogP contribution in [0.3, 0.4) is 0 Å². The number of rotatable bonds is 2. The van der Waals surface area contributed by atoms with Gasteiger partial charge in [0.25, 0.3) is 5.91 Å². The van der Waals surface area contributed by atoms with E-state index in [2.05, 4.69) is 50.5 Å². The van der Waals surface area contributed by atoms with Crippen molar-refractivity contribution < 1.29 is 4.79 Å². The average Bonchev–Trinajstić information content (AvgIpc) is 2.37. The largest absolute Gasteiger partial charge is 0.397 e. The summed E-state index contributed by atoms with van der Waals surface area (Å²) in [5.41, 5.74) is 10.1. The highest BCUT2D eigenvalue weighted by Crippen LogP contribution is 2.25. The molecule has 3 nitrogen and oxygen atoms in total. The van der Waals surface area contributed by atoms with Gasteiger partial charge in [-0.15, -0.1) is 0 Å². The van der Waals surface area contributed by atoms with Crippen molar-refractivity contribution >= 4 is 62.5 Å². The molecule has 0 saturated carbocycles. The van der Waals surface area contributed by atoms with Gasteiger partial charge in [0.2, 0.25) is 0 Å². The number of amides is 1.